The van der Waals surface area contributed by atoms with Crippen LogP contribution in [0.4, 0.5) is 11.5 Å². The molecule has 1 aromatic rings. The first-order chi connectivity index (χ1) is 13.1. The first-order valence-corrected chi connectivity index (χ1v) is 9.82. The maximum absolute atomic E-state index is 12.8. The number of pyridine rings is 1. The quantitative estimate of drug-likeness (QED) is 0.548. The van der Waals surface area contributed by atoms with E-state index in [1.807, 2.05) is 6.20 Å². The van der Waals surface area contributed by atoms with Crippen LogP contribution in [0.1, 0.15) is 37.7 Å². The smallest absolute Gasteiger partial charge is 0.252 e. The molecular formula is C19H25N7O. The van der Waals surface area contributed by atoms with Crippen LogP contribution >= 0.6 is 0 Å². The van der Waals surface area contributed by atoms with E-state index in [1.54, 1.807) is 4.90 Å². The molecular weight excluding hydrogens is 342 g/mol. The number of carbonyl (C=O) groups is 1. The predicted molar refractivity (Wildman–Crippen MR) is 101 cm³/mol. The molecule has 0 radical (unpaired) electrons. The van der Waals surface area contributed by atoms with Crippen LogP contribution in [-0.2, 0) is 4.79 Å². The number of nitriles is 1. The first kappa shape index (κ1) is 16.8. The van der Waals surface area contributed by atoms with Gasteiger partial charge in [-0.15, -0.1) is 0 Å². The zero-order valence-corrected chi connectivity index (χ0v) is 15.5. The Kier molecular flexibility index (Phi) is 3.78. The fraction of sp³-hybridized carbons (Fsp3) is 0.632. The summed E-state index contributed by atoms with van der Waals surface area (Å²) in [6.45, 7) is 4.26. The van der Waals surface area contributed by atoms with Crippen molar-refractivity contribution in [2.24, 2.45) is 11.8 Å². The highest BCUT2D eigenvalue weighted by atomic mass is 16.2. The number of amides is 1. The van der Waals surface area contributed by atoms with Crippen molar-refractivity contribution in [2.45, 2.75) is 43.7 Å². The highest BCUT2D eigenvalue weighted by Crippen LogP contribution is 2.44. The molecule has 3 fully saturated rings. The fourth-order valence-corrected chi connectivity index (χ4v) is 5.41. The summed E-state index contributed by atoms with van der Waals surface area (Å²) in [6.07, 6.45) is 7.10. The molecule has 3 aliphatic heterocycles. The highest BCUT2D eigenvalue weighted by molar-refractivity contribution is 6.05. The van der Waals surface area contributed by atoms with E-state index < -0.39 is 5.54 Å². The van der Waals surface area contributed by atoms with Gasteiger partial charge in [-0.1, -0.05) is 6.92 Å². The monoisotopic (exact) mass is 367 g/mol. The third-order valence-electron chi connectivity index (χ3n) is 6.89. The van der Waals surface area contributed by atoms with Gasteiger partial charge in [-0.2, -0.15) is 5.26 Å². The van der Waals surface area contributed by atoms with Crippen molar-refractivity contribution < 1.29 is 4.79 Å². The van der Waals surface area contributed by atoms with Gasteiger partial charge < -0.3 is 15.5 Å². The second-order valence-electron chi connectivity index (χ2n) is 8.47. The molecule has 5 unspecified atom stereocenters. The topological polar surface area (TPSA) is 105 Å². The minimum absolute atomic E-state index is 0.0644. The Morgan fingerprint density at radius 1 is 1.41 bits per heavy atom. The van der Waals surface area contributed by atoms with Gasteiger partial charge in [0.05, 0.1) is 12.2 Å². The van der Waals surface area contributed by atoms with Crippen LogP contribution in [-0.4, -0.2) is 47.0 Å². The molecule has 5 atom stereocenters. The van der Waals surface area contributed by atoms with Crippen LogP contribution in [0.25, 0.3) is 0 Å². The molecule has 4 heterocycles. The third-order valence-corrected chi connectivity index (χ3v) is 6.89. The van der Waals surface area contributed by atoms with Gasteiger partial charge in [0, 0.05) is 25.3 Å². The molecule has 5 rings (SSSR count). The summed E-state index contributed by atoms with van der Waals surface area (Å²) < 4.78 is 0. The lowest BCUT2D eigenvalue weighted by molar-refractivity contribution is -0.120. The third kappa shape index (κ3) is 2.57. The summed E-state index contributed by atoms with van der Waals surface area (Å²) in [5.74, 6) is 2.21. The summed E-state index contributed by atoms with van der Waals surface area (Å²) >= 11 is 0. The van der Waals surface area contributed by atoms with E-state index in [1.165, 1.54) is 18.4 Å². The SMILES string of the molecule is CC1CCC2NNCC2C1c1cnc2c(c1)NC(=O)C1(CCN(C#N)C1)N2. The van der Waals surface area contributed by atoms with E-state index in [-0.39, 0.29) is 5.91 Å². The zero-order valence-electron chi connectivity index (χ0n) is 15.5. The first-order valence-electron chi connectivity index (χ1n) is 9.82. The lowest BCUT2D eigenvalue weighted by atomic mass is 9.68. The minimum atomic E-state index is -0.750. The highest BCUT2D eigenvalue weighted by Gasteiger charge is 2.48. The maximum Gasteiger partial charge on any atom is 0.252 e. The number of hydrogen-bond acceptors (Lipinski definition) is 7. The van der Waals surface area contributed by atoms with Gasteiger partial charge in [0.2, 0.25) is 0 Å². The Bertz CT molecular complexity index is 821. The summed E-state index contributed by atoms with van der Waals surface area (Å²) in [5, 5.41) is 15.5. The van der Waals surface area contributed by atoms with E-state index in [4.69, 9.17) is 5.26 Å². The lowest BCUT2D eigenvalue weighted by Crippen LogP contribution is -2.54. The van der Waals surface area contributed by atoms with Crippen LogP contribution in [0, 0.1) is 23.3 Å². The Morgan fingerprint density at radius 3 is 3.11 bits per heavy atom. The maximum atomic E-state index is 12.8. The Balaban J connectivity index is 1.44. The molecule has 4 aliphatic rings. The minimum Gasteiger partial charge on any atom is -0.353 e. The van der Waals surface area contributed by atoms with Crippen LogP contribution in [0.3, 0.4) is 0 Å². The number of aromatic nitrogens is 1. The standard InChI is InChI=1S/C19H25N7O/c1-11-2-3-14-13(8-22-25-14)16(11)12-6-15-17(21-7-12)24-19(18(27)23-15)4-5-26(9-19)10-20/h6-7,11,13-14,16,22,25H,2-5,8-9H2,1H3,(H,21,24)(H,23,27). The van der Waals surface area contributed by atoms with E-state index in [0.717, 1.165) is 12.2 Å². The van der Waals surface area contributed by atoms with Crippen LogP contribution in [0.15, 0.2) is 12.3 Å². The number of fused-ring (bicyclic) bond motifs is 2. The van der Waals surface area contributed by atoms with Crippen molar-refractivity contribution in [3.63, 3.8) is 0 Å². The summed E-state index contributed by atoms with van der Waals surface area (Å²) in [7, 11) is 0. The molecule has 8 heteroatoms. The fourth-order valence-electron chi connectivity index (χ4n) is 5.41. The van der Waals surface area contributed by atoms with Crippen molar-refractivity contribution in [2.75, 3.05) is 30.3 Å². The van der Waals surface area contributed by atoms with Gasteiger partial charge in [-0.3, -0.25) is 15.6 Å². The van der Waals surface area contributed by atoms with Crippen molar-refractivity contribution in [1.82, 2.24) is 20.7 Å². The molecule has 2 saturated heterocycles. The number of carbonyl (C=O) groups excluding carboxylic acids is 1. The zero-order chi connectivity index (χ0) is 18.6. The predicted octanol–water partition coefficient (Wildman–Crippen LogP) is 0.977. The van der Waals surface area contributed by atoms with Crippen LogP contribution in [0.2, 0.25) is 0 Å². The Hall–Kier alpha value is -2.37. The molecule has 4 N–H and O–H groups in total. The average Bonchev–Trinajstić information content (AvgIpc) is 3.30. The molecule has 8 nitrogen and oxygen atoms in total. The van der Waals surface area contributed by atoms with E-state index >= 15 is 0 Å². The molecule has 1 aromatic heterocycles. The van der Waals surface area contributed by atoms with Gasteiger partial charge >= 0.3 is 0 Å². The average molecular weight is 367 g/mol. The number of likely N-dealkylation sites (tertiary alicyclic amines) is 1. The number of rotatable bonds is 1. The van der Waals surface area contributed by atoms with Crippen LogP contribution in [0.5, 0.6) is 0 Å². The van der Waals surface area contributed by atoms with Crippen molar-refractivity contribution in [1.29, 1.82) is 5.26 Å². The molecule has 1 spiro atoms. The van der Waals surface area contributed by atoms with E-state index in [0.29, 0.717) is 49.1 Å². The normalized spacial score (nSPS) is 37.3. The van der Waals surface area contributed by atoms with Gasteiger partial charge in [0.15, 0.2) is 12.0 Å². The molecule has 0 aromatic carbocycles. The molecule has 1 amide bonds. The van der Waals surface area contributed by atoms with E-state index in [2.05, 4.69) is 45.7 Å². The molecule has 27 heavy (non-hydrogen) atoms. The number of nitrogens with zero attached hydrogens (tertiary/aromatic N) is 3. The van der Waals surface area contributed by atoms with Crippen molar-refractivity contribution in [3.05, 3.63) is 17.8 Å². The molecule has 142 valence electrons. The number of hydrazine groups is 1. The summed E-state index contributed by atoms with van der Waals surface area (Å²) in [5.41, 5.74) is 7.93. The van der Waals surface area contributed by atoms with Gasteiger partial charge in [-0.05, 0) is 48.6 Å². The van der Waals surface area contributed by atoms with E-state index in [9.17, 15) is 4.79 Å². The Morgan fingerprint density at radius 2 is 2.30 bits per heavy atom. The van der Waals surface area contributed by atoms with Crippen molar-refractivity contribution >= 4 is 17.4 Å². The van der Waals surface area contributed by atoms with Crippen LogP contribution < -0.4 is 21.5 Å². The van der Waals surface area contributed by atoms with Gasteiger partial charge in [0.25, 0.3) is 5.91 Å². The number of nitrogens with one attached hydrogen (secondary N) is 4. The van der Waals surface area contributed by atoms with Gasteiger partial charge in [0.1, 0.15) is 5.54 Å². The van der Waals surface area contributed by atoms with Gasteiger partial charge in [-0.25, -0.2) is 4.98 Å². The second-order valence-corrected chi connectivity index (χ2v) is 8.47. The number of anilines is 2. The number of hydrogen-bond donors (Lipinski definition) is 4. The second kappa shape index (κ2) is 6.08. The Labute approximate surface area is 158 Å². The summed E-state index contributed by atoms with van der Waals surface area (Å²) in [4.78, 5) is 19.1. The molecule has 1 saturated carbocycles. The molecule has 1 aliphatic carbocycles. The largest absolute Gasteiger partial charge is 0.353 e. The lowest BCUT2D eigenvalue weighted by Gasteiger charge is -2.39. The summed E-state index contributed by atoms with van der Waals surface area (Å²) in [6, 6.07) is 2.60. The van der Waals surface area contributed by atoms with Crippen molar-refractivity contribution in [3.8, 4) is 6.19 Å². The molecule has 0 bridgehead atoms.